The number of aromatic nitrogens is 1. The molecule has 1 N–H and O–H groups in total. The van der Waals surface area contributed by atoms with Crippen molar-refractivity contribution in [2.24, 2.45) is 0 Å². The van der Waals surface area contributed by atoms with Crippen LogP contribution < -0.4 is 10.2 Å². The molecule has 0 fully saturated rings. The molecule has 0 atom stereocenters. The highest BCUT2D eigenvalue weighted by Gasteiger charge is 2.08. The molecule has 0 saturated heterocycles. The van der Waals surface area contributed by atoms with E-state index in [1.807, 2.05) is 23.7 Å². The number of anilines is 1. The summed E-state index contributed by atoms with van der Waals surface area (Å²) in [5, 5.41) is 5.61. The van der Waals surface area contributed by atoms with E-state index < -0.39 is 0 Å². The molecule has 0 aliphatic heterocycles. The second-order valence-electron chi connectivity index (χ2n) is 5.29. The van der Waals surface area contributed by atoms with Gasteiger partial charge in [-0.3, -0.25) is 4.98 Å². The first-order chi connectivity index (χ1) is 9.66. The first kappa shape index (κ1) is 15.0. The van der Waals surface area contributed by atoms with E-state index in [1.54, 1.807) is 0 Å². The van der Waals surface area contributed by atoms with Gasteiger partial charge in [0.05, 0.1) is 11.9 Å². The van der Waals surface area contributed by atoms with Gasteiger partial charge in [-0.2, -0.15) is 0 Å². The number of pyridine rings is 1. The zero-order valence-electron chi connectivity index (χ0n) is 12.5. The SMILES string of the molecule is CC(C)NCc1ccncc1N(C)CCc1cccs1. The van der Waals surface area contributed by atoms with Gasteiger partial charge in [-0.15, -0.1) is 11.3 Å². The molecule has 0 amide bonds. The minimum atomic E-state index is 0.493. The van der Waals surface area contributed by atoms with E-state index >= 15 is 0 Å². The Kier molecular flexibility index (Phi) is 5.56. The third-order valence-corrected chi connectivity index (χ3v) is 4.21. The highest BCUT2D eigenvalue weighted by Crippen LogP contribution is 2.19. The zero-order valence-corrected chi connectivity index (χ0v) is 13.3. The summed E-state index contributed by atoms with van der Waals surface area (Å²) in [4.78, 5) is 8.00. The number of rotatable bonds is 7. The molecule has 0 unspecified atom stereocenters. The molecule has 4 heteroatoms. The summed E-state index contributed by atoms with van der Waals surface area (Å²) in [5.41, 5.74) is 2.53. The van der Waals surface area contributed by atoms with Crippen LogP contribution in [0.4, 0.5) is 5.69 Å². The lowest BCUT2D eigenvalue weighted by molar-refractivity contribution is 0.588. The van der Waals surface area contributed by atoms with E-state index in [2.05, 4.69) is 59.7 Å². The zero-order chi connectivity index (χ0) is 14.4. The van der Waals surface area contributed by atoms with Crippen LogP contribution in [0.2, 0.25) is 0 Å². The Balaban J connectivity index is 1.99. The Hall–Kier alpha value is -1.39. The summed E-state index contributed by atoms with van der Waals surface area (Å²) in [6, 6.07) is 6.91. The third kappa shape index (κ3) is 4.32. The monoisotopic (exact) mass is 289 g/mol. The summed E-state index contributed by atoms with van der Waals surface area (Å²) < 4.78 is 0. The normalized spacial score (nSPS) is 11.0. The lowest BCUT2D eigenvalue weighted by Crippen LogP contribution is -2.26. The van der Waals surface area contributed by atoms with Gasteiger partial charge < -0.3 is 10.2 Å². The quantitative estimate of drug-likeness (QED) is 0.847. The van der Waals surface area contributed by atoms with Crippen LogP contribution in [0.5, 0.6) is 0 Å². The van der Waals surface area contributed by atoms with Gasteiger partial charge in [0.2, 0.25) is 0 Å². The summed E-state index contributed by atoms with van der Waals surface area (Å²) in [6.45, 7) is 6.24. The molecule has 20 heavy (non-hydrogen) atoms. The number of likely N-dealkylation sites (N-methyl/N-ethyl adjacent to an activating group) is 1. The van der Waals surface area contributed by atoms with E-state index in [1.165, 1.54) is 16.1 Å². The highest BCUT2D eigenvalue weighted by atomic mass is 32.1. The predicted molar refractivity (Wildman–Crippen MR) is 87.5 cm³/mol. The van der Waals surface area contributed by atoms with Crippen LogP contribution in [-0.4, -0.2) is 24.6 Å². The van der Waals surface area contributed by atoms with Crippen molar-refractivity contribution in [3.05, 3.63) is 46.4 Å². The van der Waals surface area contributed by atoms with Crippen LogP contribution >= 0.6 is 11.3 Å². The van der Waals surface area contributed by atoms with Crippen molar-refractivity contribution in [3.8, 4) is 0 Å². The maximum atomic E-state index is 4.27. The van der Waals surface area contributed by atoms with Crippen molar-refractivity contribution in [3.63, 3.8) is 0 Å². The molecule has 0 saturated carbocycles. The summed E-state index contributed by atoms with van der Waals surface area (Å²) >= 11 is 1.82. The molecule has 2 heterocycles. The third-order valence-electron chi connectivity index (χ3n) is 3.27. The summed E-state index contributed by atoms with van der Waals surface area (Å²) in [6.07, 6.45) is 4.92. The van der Waals surface area contributed by atoms with Crippen LogP contribution in [0.1, 0.15) is 24.3 Å². The van der Waals surface area contributed by atoms with Crippen LogP contribution in [0, 0.1) is 0 Å². The predicted octanol–water partition coefficient (Wildman–Crippen LogP) is 3.32. The number of thiophene rings is 1. The van der Waals surface area contributed by atoms with Crippen LogP contribution in [0.25, 0.3) is 0 Å². The fourth-order valence-electron chi connectivity index (χ4n) is 2.08. The average Bonchev–Trinajstić information content (AvgIpc) is 2.96. The van der Waals surface area contributed by atoms with Gasteiger partial charge in [-0.05, 0) is 29.5 Å². The van der Waals surface area contributed by atoms with Gasteiger partial charge in [0.15, 0.2) is 0 Å². The lowest BCUT2D eigenvalue weighted by Gasteiger charge is -2.22. The molecule has 3 nitrogen and oxygen atoms in total. The van der Waals surface area contributed by atoms with E-state index in [-0.39, 0.29) is 0 Å². The highest BCUT2D eigenvalue weighted by molar-refractivity contribution is 7.09. The second kappa shape index (κ2) is 7.41. The number of hydrogen-bond acceptors (Lipinski definition) is 4. The van der Waals surface area contributed by atoms with Gasteiger partial charge >= 0.3 is 0 Å². The van der Waals surface area contributed by atoms with E-state index in [0.29, 0.717) is 6.04 Å². The first-order valence-electron chi connectivity index (χ1n) is 7.06. The molecule has 0 aliphatic rings. The van der Waals surface area contributed by atoms with Crippen molar-refractivity contribution in [2.75, 3.05) is 18.5 Å². The molecular formula is C16H23N3S. The number of hydrogen-bond donors (Lipinski definition) is 1. The van der Waals surface area contributed by atoms with Crippen molar-refractivity contribution in [1.82, 2.24) is 10.3 Å². The fourth-order valence-corrected chi connectivity index (χ4v) is 2.77. The summed E-state index contributed by atoms with van der Waals surface area (Å²) in [7, 11) is 2.14. The van der Waals surface area contributed by atoms with Crippen LogP contribution in [0.3, 0.4) is 0 Å². The van der Waals surface area contributed by atoms with E-state index in [9.17, 15) is 0 Å². The Morgan fingerprint density at radius 1 is 1.35 bits per heavy atom. The first-order valence-corrected chi connectivity index (χ1v) is 7.94. The standard InChI is InChI=1S/C16H23N3S/c1-13(2)18-11-14-6-8-17-12-16(14)19(3)9-7-15-5-4-10-20-15/h4-6,8,10,12-13,18H,7,9,11H2,1-3H3. The Morgan fingerprint density at radius 3 is 2.90 bits per heavy atom. The second-order valence-corrected chi connectivity index (χ2v) is 6.32. The topological polar surface area (TPSA) is 28.2 Å². The maximum Gasteiger partial charge on any atom is 0.0595 e. The van der Waals surface area contributed by atoms with Crippen LogP contribution in [-0.2, 0) is 13.0 Å². The molecule has 0 radical (unpaired) electrons. The minimum Gasteiger partial charge on any atom is -0.373 e. The molecular weight excluding hydrogens is 266 g/mol. The lowest BCUT2D eigenvalue weighted by atomic mass is 10.2. The molecule has 0 bridgehead atoms. The van der Waals surface area contributed by atoms with Crippen LogP contribution in [0.15, 0.2) is 36.0 Å². The minimum absolute atomic E-state index is 0.493. The van der Waals surface area contributed by atoms with E-state index in [0.717, 1.165) is 19.5 Å². The Bertz CT molecular complexity index is 508. The molecule has 2 rings (SSSR count). The largest absolute Gasteiger partial charge is 0.373 e. The van der Waals surface area contributed by atoms with Gasteiger partial charge in [-0.25, -0.2) is 0 Å². The summed E-state index contributed by atoms with van der Waals surface area (Å²) in [5.74, 6) is 0. The van der Waals surface area contributed by atoms with E-state index in [4.69, 9.17) is 0 Å². The molecule has 2 aromatic rings. The molecule has 0 aliphatic carbocycles. The van der Waals surface area contributed by atoms with Crippen molar-refractivity contribution < 1.29 is 0 Å². The maximum absolute atomic E-state index is 4.27. The molecule has 0 spiro atoms. The number of nitrogens with zero attached hydrogens (tertiary/aromatic N) is 2. The average molecular weight is 289 g/mol. The van der Waals surface area contributed by atoms with Crippen molar-refractivity contribution >= 4 is 17.0 Å². The van der Waals surface area contributed by atoms with Gasteiger partial charge in [-0.1, -0.05) is 19.9 Å². The van der Waals surface area contributed by atoms with Crippen molar-refractivity contribution in [2.45, 2.75) is 32.9 Å². The fraction of sp³-hybridized carbons (Fsp3) is 0.438. The van der Waals surface area contributed by atoms with Gasteiger partial charge in [0.1, 0.15) is 0 Å². The smallest absolute Gasteiger partial charge is 0.0595 e. The van der Waals surface area contributed by atoms with Gasteiger partial charge in [0, 0.05) is 37.3 Å². The number of nitrogens with one attached hydrogen (secondary N) is 1. The van der Waals surface area contributed by atoms with Gasteiger partial charge in [0.25, 0.3) is 0 Å². The van der Waals surface area contributed by atoms with Crippen molar-refractivity contribution in [1.29, 1.82) is 0 Å². The Morgan fingerprint density at radius 2 is 2.20 bits per heavy atom. The Labute approximate surface area is 125 Å². The molecule has 2 aromatic heterocycles. The molecule has 108 valence electrons. The molecule has 0 aromatic carbocycles.